The summed E-state index contributed by atoms with van der Waals surface area (Å²) in [4.78, 5) is 44.6. The monoisotopic (exact) mass is 505 g/mol. The van der Waals surface area contributed by atoms with Gasteiger partial charge in [0.15, 0.2) is 0 Å². The van der Waals surface area contributed by atoms with Crippen LogP contribution in [0.15, 0.2) is 36.5 Å². The minimum absolute atomic E-state index is 0.237. The molecule has 2 N–H and O–H groups in total. The first kappa shape index (κ1) is 24.9. The third kappa shape index (κ3) is 3.88. The number of pyridine rings is 1. The molecular weight excluding hydrogens is 473 g/mol. The molecule has 0 aliphatic carbocycles. The smallest absolute Gasteiger partial charge is 0.322 e. The number of hydrogen-bond donors (Lipinski definition) is 2. The van der Waals surface area contributed by atoms with Gasteiger partial charge in [-0.3, -0.25) is 14.9 Å². The Morgan fingerprint density at radius 2 is 1.86 bits per heavy atom. The number of carbonyl (C=O) groups is 3. The Labute approximate surface area is 215 Å². The van der Waals surface area contributed by atoms with E-state index in [1.54, 1.807) is 24.0 Å². The Kier molecular flexibility index (Phi) is 5.47. The van der Waals surface area contributed by atoms with E-state index in [0.29, 0.717) is 29.9 Å². The van der Waals surface area contributed by atoms with Crippen LogP contribution in [0.5, 0.6) is 0 Å². The van der Waals surface area contributed by atoms with Gasteiger partial charge in [-0.2, -0.15) is 0 Å². The summed E-state index contributed by atoms with van der Waals surface area (Å²) in [6.45, 7) is 12.2. The van der Waals surface area contributed by atoms with Gasteiger partial charge in [0.05, 0.1) is 0 Å². The topological polar surface area (TPSA) is 96.3 Å². The standard InChI is InChI=1S/C28H32FN5O3/c1-16-7-8-17(13-20(16)29)19-14-34(26(2,3)4)22-18(19)9-10-21(30-22)23(35)33-12-11-28(27(5,6)15-33)24(36)31-25(37)32-28/h7-10,13-14H,11-12,15H2,1-6H3,(H2,31,32,36,37). The summed E-state index contributed by atoms with van der Waals surface area (Å²) in [5.74, 6) is -0.858. The Morgan fingerprint density at radius 3 is 2.46 bits per heavy atom. The molecule has 2 aliphatic rings. The first-order valence-electron chi connectivity index (χ1n) is 12.5. The largest absolute Gasteiger partial charge is 0.337 e. The summed E-state index contributed by atoms with van der Waals surface area (Å²) in [5.41, 5.74) is 1.05. The van der Waals surface area contributed by atoms with Crippen LogP contribution in [0.4, 0.5) is 9.18 Å². The molecular formula is C28H32FN5O3. The number of nitrogens with zero attached hydrogens (tertiary/aromatic N) is 3. The number of halogens is 1. The van der Waals surface area contributed by atoms with Gasteiger partial charge in [0, 0.05) is 41.2 Å². The molecule has 194 valence electrons. The van der Waals surface area contributed by atoms with Crippen molar-refractivity contribution in [1.82, 2.24) is 25.1 Å². The molecule has 1 unspecified atom stereocenters. The molecule has 1 aromatic carbocycles. The van der Waals surface area contributed by atoms with E-state index in [1.165, 1.54) is 6.07 Å². The van der Waals surface area contributed by atoms with Gasteiger partial charge in [-0.25, -0.2) is 14.2 Å². The van der Waals surface area contributed by atoms with Crippen molar-refractivity contribution >= 4 is 28.9 Å². The second-order valence-electron chi connectivity index (χ2n) is 11.8. The van der Waals surface area contributed by atoms with Crippen LogP contribution >= 0.6 is 0 Å². The molecule has 1 atom stereocenters. The van der Waals surface area contributed by atoms with E-state index in [4.69, 9.17) is 4.98 Å². The van der Waals surface area contributed by atoms with E-state index in [9.17, 15) is 18.8 Å². The number of rotatable bonds is 2. The van der Waals surface area contributed by atoms with E-state index in [2.05, 4.69) is 31.4 Å². The van der Waals surface area contributed by atoms with Crippen molar-refractivity contribution in [2.75, 3.05) is 13.1 Å². The molecule has 1 spiro atoms. The molecule has 0 radical (unpaired) electrons. The van der Waals surface area contributed by atoms with Crippen molar-refractivity contribution in [1.29, 1.82) is 0 Å². The van der Waals surface area contributed by atoms with Crippen LogP contribution in [0.1, 0.15) is 57.1 Å². The van der Waals surface area contributed by atoms with E-state index in [1.807, 2.05) is 36.7 Å². The summed E-state index contributed by atoms with van der Waals surface area (Å²) in [5, 5.41) is 5.97. The number of benzene rings is 1. The normalized spacial score (nSPS) is 21.4. The Balaban J connectivity index is 1.52. The van der Waals surface area contributed by atoms with Crippen molar-refractivity contribution in [3.63, 3.8) is 0 Å². The summed E-state index contributed by atoms with van der Waals surface area (Å²) in [7, 11) is 0. The minimum atomic E-state index is -1.04. The second-order valence-corrected chi connectivity index (χ2v) is 11.8. The fourth-order valence-corrected chi connectivity index (χ4v) is 5.53. The highest BCUT2D eigenvalue weighted by Gasteiger charge is 2.59. The number of amides is 4. The van der Waals surface area contributed by atoms with Gasteiger partial charge < -0.3 is 14.8 Å². The second kappa shape index (κ2) is 8.13. The molecule has 9 heteroatoms. The predicted octanol–water partition coefficient (Wildman–Crippen LogP) is 4.36. The molecule has 2 aromatic heterocycles. The fourth-order valence-electron chi connectivity index (χ4n) is 5.53. The molecule has 2 fully saturated rings. The fraction of sp³-hybridized carbons (Fsp3) is 0.429. The van der Waals surface area contributed by atoms with Crippen LogP contribution in [0, 0.1) is 18.2 Å². The van der Waals surface area contributed by atoms with Crippen molar-refractivity contribution < 1.29 is 18.8 Å². The Morgan fingerprint density at radius 1 is 1.14 bits per heavy atom. The minimum Gasteiger partial charge on any atom is -0.337 e. The number of fused-ring (bicyclic) bond motifs is 1. The summed E-state index contributed by atoms with van der Waals surface area (Å²) >= 11 is 0. The lowest BCUT2D eigenvalue weighted by molar-refractivity contribution is -0.131. The zero-order valence-electron chi connectivity index (χ0n) is 22.0. The molecule has 2 aliphatic heterocycles. The zero-order chi connectivity index (χ0) is 26.9. The van der Waals surface area contributed by atoms with Gasteiger partial charge in [0.1, 0.15) is 22.7 Å². The molecule has 0 bridgehead atoms. The number of likely N-dealkylation sites (tertiary alicyclic amines) is 1. The zero-order valence-corrected chi connectivity index (χ0v) is 22.0. The summed E-state index contributed by atoms with van der Waals surface area (Å²) in [6.07, 6.45) is 2.28. The average molecular weight is 506 g/mol. The number of urea groups is 1. The molecule has 0 saturated carbocycles. The molecule has 8 nitrogen and oxygen atoms in total. The maximum atomic E-state index is 14.4. The third-order valence-corrected chi connectivity index (χ3v) is 7.80. The van der Waals surface area contributed by atoms with E-state index in [0.717, 1.165) is 16.5 Å². The Hall–Kier alpha value is -3.75. The van der Waals surface area contributed by atoms with Crippen molar-refractivity contribution in [2.24, 2.45) is 5.41 Å². The maximum absolute atomic E-state index is 14.4. The lowest BCUT2D eigenvalue weighted by Crippen LogP contribution is -2.66. The van der Waals surface area contributed by atoms with Gasteiger partial charge in [-0.05, 0) is 63.4 Å². The molecule has 2 saturated heterocycles. The van der Waals surface area contributed by atoms with Crippen molar-refractivity contribution in [3.8, 4) is 11.1 Å². The first-order chi connectivity index (χ1) is 17.2. The van der Waals surface area contributed by atoms with Gasteiger partial charge in [0.25, 0.3) is 11.8 Å². The quantitative estimate of drug-likeness (QED) is 0.506. The van der Waals surface area contributed by atoms with Gasteiger partial charge in [-0.15, -0.1) is 0 Å². The van der Waals surface area contributed by atoms with Crippen molar-refractivity contribution in [3.05, 3.63) is 53.6 Å². The summed E-state index contributed by atoms with van der Waals surface area (Å²) in [6, 6.07) is 8.24. The van der Waals surface area contributed by atoms with E-state index >= 15 is 0 Å². The number of carbonyl (C=O) groups excluding carboxylic acids is 3. The number of piperidine rings is 1. The molecule has 5 rings (SSSR count). The summed E-state index contributed by atoms with van der Waals surface area (Å²) < 4.78 is 16.4. The molecule has 3 aromatic rings. The number of aromatic nitrogens is 2. The van der Waals surface area contributed by atoms with Crippen molar-refractivity contribution in [2.45, 2.75) is 59.0 Å². The van der Waals surface area contributed by atoms with Gasteiger partial charge in [-0.1, -0.05) is 26.0 Å². The van der Waals surface area contributed by atoms with E-state index < -0.39 is 17.0 Å². The molecule has 4 heterocycles. The third-order valence-electron chi connectivity index (χ3n) is 7.80. The number of aryl methyl sites for hydroxylation is 1. The number of imide groups is 1. The van der Waals surface area contributed by atoms with Crippen LogP contribution in [-0.2, 0) is 10.3 Å². The lowest BCUT2D eigenvalue weighted by atomic mass is 9.67. The van der Waals surface area contributed by atoms with Gasteiger partial charge in [0.2, 0.25) is 0 Å². The highest BCUT2D eigenvalue weighted by molar-refractivity contribution is 6.08. The molecule has 37 heavy (non-hydrogen) atoms. The van der Waals surface area contributed by atoms with Crippen LogP contribution in [0.2, 0.25) is 0 Å². The van der Waals surface area contributed by atoms with Gasteiger partial charge >= 0.3 is 6.03 Å². The first-order valence-corrected chi connectivity index (χ1v) is 12.5. The van der Waals surface area contributed by atoms with Crippen LogP contribution in [-0.4, -0.2) is 50.9 Å². The van der Waals surface area contributed by atoms with E-state index in [-0.39, 0.29) is 29.7 Å². The van der Waals surface area contributed by atoms with Crippen LogP contribution in [0.3, 0.4) is 0 Å². The van der Waals surface area contributed by atoms with Crippen LogP contribution < -0.4 is 10.6 Å². The number of nitrogens with one attached hydrogen (secondary N) is 2. The molecule has 4 amide bonds. The Bertz CT molecular complexity index is 1470. The highest BCUT2D eigenvalue weighted by atomic mass is 19.1. The number of hydrogen-bond acceptors (Lipinski definition) is 4. The predicted molar refractivity (Wildman–Crippen MR) is 139 cm³/mol. The lowest BCUT2D eigenvalue weighted by Gasteiger charge is -2.49. The highest BCUT2D eigenvalue weighted by Crippen LogP contribution is 2.41. The van der Waals surface area contributed by atoms with Crippen LogP contribution in [0.25, 0.3) is 22.2 Å². The maximum Gasteiger partial charge on any atom is 0.322 e. The average Bonchev–Trinajstić information content (AvgIpc) is 3.34. The SMILES string of the molecule is Cc1ccc(-c2cn(C(C)(C)C)c3nc(C(=O)N4CCC5(NC(=O)NC5=O)C(C)(C)C4)ccc23)cc1F.